The van der Waals surface area contributed by atoms with Crippen molar-refractivity contribution in [2.75, 3.05) is 6.54 Å². The van der Waals surface area contributed by atoms with Crippen LogP contribution in [0.25, 0.3) is 0 Å². The Labute approximate surface area is 77.4 Å². The van der Waals surface area contributed by atoms with Gasteiger partial charge in [-0.05, 0) is 6.42 Å². The lowest BCUT2D eigenvalue weighted by molar-refractivity contribution is 0.769. The molecule has 2 N–H and O–H groups in total. The Balaban J connectivity index is 2.56. The van der Waals surface area contributed by atoms with Gasteiger partial charge in [-0.25, -0.2) is 4.98 Å². The molecule has 0 bridgehead atoms. The maximum Gasteiger partial charge on any atom is 0.167 e. The molecule has 4 heteroatoms. The average molecular weight is 185 g/mol. The Morgan fingerprint density at radius 1 is 1.75 bits per heavy atom. The van der Waals surface area contributed by atoms with Crippen LogP contribution in [0, 0.1) is 0 Å². The standard InChI is InChI=1S/C8H15N3S/c1-3-7(6-9)12-8-10-4-5-11(8)2/h4-5,7H,3,6,9H2,1-2H3. The first-order chi connectivity index (χ1) is 5.77. The fourth-order valence-corrected chi connectivity index (χ4v) is 1.82. The Morgan fingerprint density at radius 2 is 2.50 bits per heavy atom. The first kappa shape index (κ1) is 9.61. The van der Waals surface area contributed by atoms with Crippen molar-refractivity contribution in [1.82, 2.24) is 9.55 Å². The van der Waals surface area contributed by atoms with Crippen LogP contribution >= 0.6 is 11.8 Å². The SMILES string of the molecule is CCC(CN)Sc1nccn1C. The van der Waals surface area contributed by atoms with E-state index < -0.39 is 0 Å². The molecule has 0 saturated heterocycles. The Morgan fingerprint density at radius 3 is 2.92 bits per heavy atom. The fraction of sp³-hybridized carbons (Fsp3) is 0.625. The zero-order chi connectivity index (χ0) is 8.97. The molecule has 0 fully saturated rings. The van der Waals surface area contributed by atoms with Crippen molar-refractivity contribution in [2.24, 2.45) is 12.8 Å². The topological polar surface area (TPSA) is 43.8 Å². The van der Waals surface area contributed by atoms with E-state index in [0.29, 0.717) is 11.8 Å². The molecular weight excluding hydrogens is 170 g/mol. The number of rotatable bonds is 4. The highest BCUT2D eigenvalue weighted by Gasteiger charge is 2.08. The van der Waals surface area contributed by atoms with E-state index in [1.54, 1.807) is 11.8 Å². The molecule has 0 aromatic carbocycles. The second-order valence-corrected chi connectivity index (χ2v) is 3.97. The quantitative estimate of drug-likeness (QED) is 0.718. The van der Waals surface area contributed by atoms with E-state index in [1.165, 1.54) is 0 Å². The molecule has 3 nitrogen and oxygen atoms in total. The third-order valence-electron chi connectivity index (χ3n) is 1.77. The lowest BCUT2D eigenvalue weighted by atomic mass is 10.3. The minimum atomic E-state index is 0.492. The molecule has 0 saturated carbocycles. The van der Waals surface area contributed by atoms with E-state index in [1.807, 2.05) is 24.0 Å². The van der Waals surface area contributed by atoms with Crippen molar-refractivity contribution in [3.05, 3.63) is 12.4 Å². The molecular formula is C8H15N3S. The second-order valence-electron chi connectivity index (χ2n) is 2.70. The zero-order valence-electron chi connectivity index (χ0n) is 7.53. The first-order valence-corrected chi connectivity index (χ1v) is 5.00. The highest BCUT2D eigenvalue weighted by Crippen LogP contribution is 2.21. The summed E-state index contributed by atoms with van der Waals surface area (Å²) in [6, 6.07) is 0. The highest BCUT2D eigenvalue weighted by atomic mass is 32.2. The van der Waals surface area contributed by atoms with Crippen molar-refractivity contribution in [3.63, 3.8) is 0 Å². The van der Waals surface area contributed by atoms with Crippen LogP contribution in [0.1, 0.15) is 13.3 Å². The number of hydrogen-bond donors (Lipinski definition) is 1. The molecule has 0 spiro atoms. The number of hydrogen-bond acceptors (Lipinski definition) is 3. The average Bonchev–Trinajstić information content (AvgIpc) is 2.47. The fourth-order valence-electron chi connectivity index (χ4n) is 0.913. The number of thioether (sulfide) groups is 1. The van der Waals surface area contributed by atoms with Gasteiger partial charge in [0.15, 0.2) is 5.16 Å². The van der Waals surface area contributed by atoms with Gasteiger partial charge in [0.1, 0.15) is 0 Å². The molecule has 1 aromatic heterocycles. The molecule has 1 unspecified atom stereocenters. The van der Waals surface area contributed by atoms with E-state index in [0.717, 1.165) is 11.6 Å². The van der Waals surface area contributed by atoms with Gasteiger partial charge in [-0.2, -0.15) is 0 Å². The molecule has 68 valence electrons. The van der Waals surface area contributed by atoms with Gasteiger partial charge in [0.2, 0.25) is 0 Å². The van der Waals surface area contributed by atoms with Crippen molar-refractivity contribution in [3.8, 4) is 0 Å². The summed E-state index contributed by atoms with van der Waals surface area (Å²) in [5.74, 6) is 0. The predicted molar refractivity (Wildman–Crippen MR) is 52.2 cm³/mol. The lowest BCUT2D eigenvalue weighted by Crippen LogP contribution is -2.16. The van der Waals surface area contributed by atoms with Crippen LogP contribution in [0.15, 0.2) is 17.6 Å². The smallest absolute Gasteiger partial charge is 0.167 e. The van der Waals surface area contributed by atoms with Gasteiger partial charge >= 0.3 is 0 Å². The maximum atomic E-state index is 5.59. The summed E-state index contributed by atoms with van der Waals surface area (Å²) in [5, 5.41) is 1.54. The van der Waals surface area contributed by atoms with Crippen molar-refractivity contribution < 1.29 is 0 Å². The third-order valence-corrected chi connectivity index (χ3v) is 3.23. The number of nitrogens with two attached hydrogens (primary N) is 1. The van der Waals surface area contributed by atoms with Crippen LogP contribution in [-0.4, -0.2) is 21.3 Å². The van der Waals surface area contributed by atoms with Crippen LogP contribution in [0.5, 0.6) is 0 Å². The predicted octanol–water partition coefficient (Wildman–Crippen LogP) is 1.25. The first-order valence-electron chi connectivity index (χ1n) is 4.12. The van der Waals surface area contributed by atoms with Gasteiger partial charge in [0.05, 0.1) is 0 Å². The molecule has 12 heavy (non-hydrogen) atoms. The molecule has 1 heterocycles. The Bertz CT molecular complexity index is 230. The summed E-state index contributed by atoms with van der Waals surface area (Å²) in [6.45, 7) is 2.86. The van der Waals surface area contributed by atoms with E-state index in [-0.39, 0.29) is 0 Å². The van der Waals surface area contributed by atoms with E-state index in [9.17, 15) is 0 Å². The van der Waals surface area contributed by atoms with Gasteiger partial charge in [-0.3, -0.25) is 0 Å². The molecule has 0 amide bonds. The third kappa shape index (κ3) is 2.25. The Hall–Kier alpha value is -0.480. The summed E-state index contributed by atoms with van der Waals surface area (Å²) in [4.78, 5) is 4.22. The molecule has 1 atom stereocenters. The molecule has 0 aliphatic heterocycles. The summed E-state index contributed by atoms with van der Waals surface area (Å²) < 4.78 is 2.02. The van der Waals surface area contributed by atoms with Gasteiger partial charge < -0.3 is 10.3 Å². The summed E-state index contributed by atoms with van der Waals surface area (Å²) in [7, 11) is 2.00. The van der Waals surface area contributed by atoms with Crippen LogP contribution in [0.4, 0.5) is 0 Å². The molecule has 1 aromatic rings. The largest absolute Gasteiger partial charge is 0.329 e. The minimum Gasteiger partial charge on any atom is -0.329 e. The Kier molecular flexibility index (Phi) is 3.62. The minimum absolute atomic E-state index is 0.492. The van der Waals surface area contributed by atoms with Gasteiger partial charge in [-0.1, -0.05) is 18.7 Å². The van der Waals surface area contributed by atoms with Gasteiger partial charge in [0, 0.05) is 31.2 Å². The van der Waals surface area contributed by atoms with E-state index in [2.05, 4.69) is 11.9 Å². The molecule has 0 aliphatic carbocycles. The zero-order valence-corrected chi connectivity index (χ0v) is 8.34. The van der Waals surface area contributed by atoms with E-state index >= 15 is 0 Å². The molecule has 0 aliphatic rings. The second kappa shape index (κ2) is 4.52. The molecule has 1 rings (SSSR count). The highest BCUT2D eigenvalue weighted by molar-refractivity contribution is 7.99. The number of nitrogens with zero attached hydrogens (tertiary/aromatic N) is 2. The van der Waals surface area contributed by atoms with Crippen molar-refractivity contribution in [2.45, 2.75) is 23.8 Å². The van der Waals surface area contributed by atoms with Crippen molar-refractivity contribution >= 4 is 11.8 Å². The van der Waals surface area contributed by atoms with Crippen molar-refractivity contribution in [1.29, 1.82) is 0 Å². The van der Waals surface area contributed by atoms with Crippen LogP contribution < -0.4 is 5.73 Å². The summed E-state index contributed by atoms with van der Waals surface area (Å²) in [6.07, 6.45) is 4.85. The molecule has 0 radical (unpaired) electrons. The number of imidazole rings is 1. The maximum absolute atomic E-state index is 5.59. The number of aryl methyl sites for hydroxylation is 1. The summed E-state index contributed by atoms with van der Waals surface area (Å²) in [5.41, 5.74) is 5.59. The van der Waals surface area contributed by atoms with Crippen LogP contribution in [-0.2, 0) is 7.05 Å². The normalized spacial score (nSPS) is 13.2. The van der Waals surface area contributed by atoms with Gasteiger partial charge in [-0.15, -0.1) is 0 Å². The van der Waals surface area contributed by atoms with E-state index in [4.69, 9.17) is 5.73 Å². The monoisotopic (exact) mass is 185 g/mol. The van der Waals surface area contributed by atoms with Crippen LogP contribution in [0.3, 0.4) is 0 Å². The lowest BCUT2D eigenvalue weighted by Gasteiger charge is -2.10. The number of aromatic nitrogens is 2. The summed E-state index contributed by atoms with van der Waals surface area (Å²) >= 11 is 1.75. The van der Waals surface area contributed by atoms with Crippen LogP contribution in [0.2, 0.25) is 0 Å². The van der Waals surface area contributed by atoms with Gasteiger partial charge in [0.25, 0.3) is 0 Å².